The second kappa shape index (κ2) is 8.40. The summed E-state index contributed by atoms with van der Waals surface area (Å²) in [4.78, 5) is 11.1. The molecule has 0 radical (unpaired) electrons. The summed E-state index contributed by atoms with van der Waals surface area (Å²) >= 11 is 0. The zero-order valence-corrected chi connectivity index (χ0v) is 11.6. The lowest BCUT2D eigenvalue weighted by molar-refractivity contribution is 0.0692. The number of rotatable bonds is 9. The second-order valence-electron chi connectivity index (χ2n) is 4.37. The molecule has 106 valence electrons. The number of carboxylic acids is 1. The fourth-order valence-electron chi connectivity index (χ4n) is 1.64. The van der Waals surface area contributed by atoms with Crippen LogP contribution in [0.2, 0.25) is 0 Å². The van der Waals surface area contributed by atoms with Crippen molar-refractivity contribution >= 4 is 5.97 Å². The van der Waals surface area contributed by atoms with Crippen LogP contribution in [-0.4, -0.2) is 24.3 Å². The zero-order valence-electron chi connectivity index (χ0n) is 11.6. The molecule has 4 nitrogen and oxygen atoms in total. The molecule has 1 aromatic rings. The Labute approximate surface area is 114 Å². The molecule has 19 heavy (non-hydrogen) atoms. The molecule has 0 aliphatic rings. The Balaban J connectivity index is 2.74. The van der Waals surface area contributed by atoms with Gasteiger partial charge in [0.25, 0.3) is 0 Å². The van der Waals surface area contributed by atoms with Crippen LogP contribution in [0.4, 0.5) is 0 Å². The van der Waals surface area contributed by atoms with E-state index in [1.54, 1.807) is 12.1 Å². The van der Waals surface area contributed by atoms with Crippen molar-refractivity contribution in [2.24, 2.45) is 0 Å². The number of carboxylic acid groups (broad SMARTS) is 1. The number of hydrogen-bond acceptors (Lipinski definition) is 3. The largest absolute Gasteiger partial charge is 0.493 e. The first kappa shape index (κ1) is 15.3. The monoisotopic (exact) mass is 266 g/mol. The summed E-state index contributed by atoms with van der Waals surface area (Å²) in [6.45, 7) is 5.28. The van der Waals surface area contributed by atoms with E-state index in [2.05, 4.69) is 6.92 Å². The summed E-state index contributed by atoms with van der Waals surface area (Å²) in [6, 6.07) is 4.85. The molecule has 0 aliphatic heterocycles. The molecule has 0 unspecified atom stereocenters. The van der Waals surface area contributed by atoms with Crippen LogP contribution in [0.1, 0.15) is 49.9 Å². The fraction of sp³-hybridized carbons (Fsp3) is 0.533. The van der Waals surface area contributed by atoms with Gasteiger partial charge in [-0.25, -0.2) is 4.79 Å². The molecule has 1 rings (SSSR count). The third-order valence-corrected chi connectivity index (χ3v) is 2.66. The van der Waals surface area contributed by atoms with Gasteiger partial charge in [-0.1, -0.05) is 26.7 Å². The number of carbonyl (C=O) groups is 1. The Morgan fingerprint density at radius 3 is 2.53 bits per heavy atom. The first-order chi connectivity index (χ1) is 9.19. The predicted molar refractivity (Wildman–Crippen MR) is 74.2 cm³/mol. The van der Waals surface area contributed by atoms with Gasteiger partial charge < -0.3 is 14.6 Å². The van der Waals surface area contributed by atoms with Crippen molar-refractivity contribution in [3.63, 3.8) is 0 Å². The lowest BCUT2D eigenvalue weighted by Gasteiger charge is -2.11. The predicted octanol–water partition coefficient (Wildman–Crippen LogP) is 3.74. The van der Waals surface area contributed by atoms with Gasteiger partial charge in [-0.2, -0.15) is 0 Å². The molecule has 0 aliphatic carbocycles. The van der Waals surface area contributed by atoms with Crippen LogP contribution < -0.4 is 9.47 Å². The Morgan fingerprint density at radius 1 is 1.11 bits per heavy atom. The minimum atomic E-state index is -0.979. The van der Waals surface area contributed by atoms with Crippen LogP contribution in [0.3, 0.4) is 0 Å². The molecule has 1 aromatic carbocycles. The summed E-state index contributed by atoms with van der Waals surface area (Å²) in [6.07, 6.45) is 4.02. The maximum Gasteiger partial charge on any atom is 0.339 e. The van der Waals surface area contributed by atoms with Gasteiger partial charge in [0, 0.05) is 6.07 Å². The highest BCUT2D eigenvalue weighted by molar-refractivity contribution is 5.91. The number of ether oxygens (including phenoxy) is 2. The van der Waals surface area contributed by atoms with Crippen molar-refractivity contribution in [3.05, 3.63) is 23.8 Å². The Hall–Kier alpha value is -1.71. The van der Waals surface area contributed by atoms with Crippen molar-refractivity contribution < 1.29 is 19.4 Å². The molecule has 0 atom stereocenters. The minimum absolute atomic E-state index is 0.181. The molecule has 0 saturated heterocycles. The van der Waals surface area contributed by atoms with E-state index in [-0.39, 0.29) is 5.56 Å². The lowest BCUT2D eigenvalue weighted by Crippen LogP contribution is -2.05. The Bertz CT molecular complexity index is 401. The first-order valence-corrected chi connectivity index (χ1v) is 6.82. The van der Waals surface area contributed by atoms with Crippen LogP contribution in [0.5, 0.6) is 11.5 Å². The van der Waals surface area contributed by atoms with Gasteiger partial charge in [0.15, 0.2) is 0 Å². The summed E-state index contributed by atoms with van der Waals surface area (Å²) in [5.74, 6) is 0.0575. The molecule has 0 amide bonds. The van der Waals surface area contributed by atoms with Gasteiger partial charge in [-0.3, -0.25) is 0 Å². The van der Waals surface area contributed by atoms with Crippen LogP contribution in [0.15, 0.2) is 18.2 Å². The van der Waals surface area contributed by atoms with E-state index >= 15 is 0 Å². The van der Waals surface area contributed by atoms with Crippen LogP contribution in [0, 0.1) is 0 Å². The number of benzene rings is 1. The van der Waals surface area contributed by atoms with Gasteiger partial charge in [-0.05, 0) is 25.0 Å². The van der Waals surface area contributed by atoms with Crippen molar-refractivity contribution in [3.8, 4) is 11.5 Å². The van der Waals surface area contributed by atoms with Gasteiger partial charge in [0.2, 0.25) is 0 Å². The Kier molecular flexibility index (Phi) is 6.79. The van der Waals surface area contributed by atoms with E-state index < -0.39 is 5.97 Å². The molecule has 0 aromatic heterocycles. The maximum absolute atomic E-state index is 11.1. The lowest BCUT2D eigenvalue weighted by atomic mass is 10.2. The molecule has 0 heterocycles. The highest BCUT2D eigenvalue weighted by atomic mass is 16.5. The molecule has 0 spiro atoms. The van der Waals surface area contributed by atoms with Crippen molar-refractivity contribution in [1.82, 2.24) is 0 Å². The van der Waals surface area contributed by atoms with E-state index in [0.29, 0.717) is 24.7 Å². The van der Waals surface area contributed by atoms with Crippen LogP contribution in [0.25, 0.3) is 0 Å². The quantitative estimate of drug-likeness (QED) is 0.692. The summed E-state index contributed by atoms with van der Waals surface area (Å²) < 4.78 is 11.0. The second-order valence-corrected chi connectivity index (χ2v) is 4.37. The van der Waals surface area contributed by atoms with E-state index in [4.69, 9.17) is 14.6 Å². The zero-order chi connectivity index (χ0) is 14.1. The van der Waals surface area contributed by atoms with E-state index in [1.165, 1.54) is 6.07 Å². The number of unbranched alkanes of at least 4 members (excludes halogenated alkanes) is 2. The van der Waals surface area contributed by atoms with Crippen LogP contribution in [-0.2, 0) is 0 Å². The van der Waals surface area contributed by atoms with E-state index in [9.17, 15) is 4.79 Å². The minimum Gasteiger partial charge on any atom is -0.493 e. The molecule has 0 bridgehead atoms. The number of hydrogen-bond donors (Lipinski definition) is 1. The average molecular weight is 266 g/mol. The van der Waals surface area contributed by atoms with E-state index in [1.807, 2.05) is 6.92 Å². The molecule has 0 fully saturated rings. The molecule has 1 N–H and O–H groups in total. The highest BCUT2D eigenvalue weighted by Gasteiger charge is 2.12. The summed E-state index contributed by atoms with van der Waals surface area (Å²) in [7, 11) is 0. The highest BCUT2D eigenvalue weighted by Crippen LogP contribution is 2.25. The van der Waals surface area contributed by atoms with Crippen molar-refractivity contribution in [2.75, 3.05) is 13.2 Å². The van der Waals surface area contributed by atoms with Gasteiger partial charge >= 0.3 is 5.97 Å². The van der Waals surface area contributed by atoms with Crippen molar-refractivity contribution in [1.29, 1.82) is 0 Å². The Morgan fingerprint density at radius 2 is 1.89 bits per heavy atom. The van der Waals surface area contributed by atoms with Gasteiger partial charge in [0.05, 0.1) is 13.2 Å². The maximum atomic E-state index is 11.1. The smallest absolute Gasteiger partial charge is 0.339 e. The average Bonchev–Trinajstić information content (AvgIpc) is 2.41. The van der Waals surface area contributed by atoms with E-state index in [0.717, 1.165) is 25.7 Å². The normalized spacial score (nSPS) is 10.2. The third kappa shape index (κ3) is 5.20. The third-order valence-electron chi connectivity index (χ3n) is 2.66. The SMILES string of the molecule is CCCCCOc1cc(OCCC)ccc1C(=O)O. The van der Waals surface area contributed by atoms with Crippen molar-refractivity contribution in [2.45, 2.75) is 39.5 Å². The fourth-order valence-corrected chi connectivity index (χ4v) is 1.64. The number of aromatic carboxylic acids is 1. The van der Waals surface area contributed by atoms with Gasteiger partial charge in [0.1, 0.15) is 17.1 Å². The molecule has 4 heteroatoms. The molecular weight excluding hydrogens is 244 g/mol. The molecule has 0 saturated carbocycles. The molecular formula is C15H22O4. The summed E-state index contributed by atoms with van der Waals surface area (Å²) in [5.41, 5.74) is 0.181. The van der Waals surface area contributed by atoms with Crippen LogP contribution >= 0.6 is 0 Å². The topological polar surface area (TPSA) is 55.8 Å². The standard InChI is InChI=1S/C15H22O4/c1-3-5-6-10-19-14-11-12(18-9-4-2)7-8-13(14)15(16)17/h7-8,11H,3-6,9-10H2,1-2H3,(H,16,17). The summed E-state index contributed by atoms with van der Waals surface area (Å²) in [5, 5.41) is 9.11. The van der Waals surface area contributed by atoms with Gasteiger partial charge in [-0.15, -0.1) is 0 Å². The first-order valence-electron chi connectivity index (χ1n) is 6.82.